The zero-order valence-electron chi connectivity index (χ0n) is 12.3. The van der Waals surface area contributed by atoms with Gasteiger partial charge in [-0.3, -0.25) is 19.2 Å². The predicted octanol–water partition coefficient (Wildman–Crippen LogP) is 1.96. The van der Waals surface area contributed by atoms with Gasteiger partial charge < -0.3 is 0 Å². The van der Waals surface area contributed by atoms with Crippen LogP contribution in [-0.2, 0) is 16.6 Å². The summed E-state index contributed by atoms with van der Waals surface area (Å²) in [7, 11) is 1.87. The van der Waals surface area contributed by atoms with E-state index in [2.05, 4.69) is 5.10 Å². The Labute approximate surface area is 118 Å². The maximum absolute atomic E-state index is 12.6. The van der Waals surface area contributed by atoms with Gasteiger partial charge in [0.05, 0.1) is 24.1 Å². The molecule has 2 amide bonds. The third kappa shape index (κ3) is 1.79. The molecule has 2 aliphatic rings. The molecular formula is C15H21N3O2. The lowest BCUT2D eigenvalue weighted by molar-refractivity contribution is -0.142. The van der Waals surface area contributed by atoms with Crippen molar-refractivity contribution in [1.82, 2.24) is 14.7 Å². The van der Waals surface area contributed by atoms with Crippen molar-refractivity contribution in [1.29, 1.82) is 0 Å². The number of carbonyl (C=O) groups is 2. The number of nitrogens with zero attached hydrogens (tertiary/aromatic N) is 3. The van der Waals surface area contributed by atoms with E-state index in [0.29, 0.717) is 0 Å². The van der Waals surface area contributed by atoms with Gasteiger partial charge in [0.2, 0.25) is 11.8 Å². The van der Waals surface area contributed by atoms with E-state index >= 15 is 0 Å². The van der Waals surface area contributed by atoms with Gasteiger partial charge >= 0.3 is 0 Å². The highest BCUT2D eigenvalue weighted by molar-refractivity contribution is 6.05. The summed E-state index contributed by atoms with van der Waals surface area (Å²) in [5.41, 5.74) is 1.97. The van der Waals surface area contributed by atoms with Crippen molar-refractivity contribution in [3.63, 3.8) is 0 Å². The number of likely N-dealkylation sites (tertiary alicyclic amines) is 1. The van der Waals surface area contributed by atoms with Crippen LogP contribution in [0.1, 0.15) is 49.9 Å². The minimum Gasteiger partial charge on any atom is -0.275 e. The molecule has 0 N–H and O–H groups in total. The van der Waals surface area contributed by atoms with Gasteiger partial charge in [-0.2, -0.15) is 5.10 Å². The molecule has 5 nitrogen and oxygen atoms in total. The topological polar surface area (TPSA) is 55.2 Å². The monoisotopic (exact) mass is 275 g/mol. The first-order valence-corrected chi connectivity index (χ1v) is 7.37. The SMILES string of the molecule is Cc1c(C(C)N2C(=O)[C@H]3CCCC[C@H]3C2=O)cnn1C. The molecule has 1 aromatic rings. The molecule has 0 spiro atoms. The second kappa shape index (κ2) is 4.72. The molecule has 2 heterocycles. The lowest BCUT2D eigenvalue weighted by Gasteiger charge is -2.23. The summed E-state index contributed by atoms with van der Waals surface area (Å²) in [6, 6.07) is -0.214. The number of carbonyl (C=O) groups excluding carboxylic acids is 2. The Bertz CT molecular complexity index is 539. The number of hydrogen-bond acceptors (Lipinski definition) is 3. The summed E-state index contributed by atoms with van der Waals surface area (Å²) < 4.78 is 1.78. The molecule has 108 valence electrons. The molecule has 1 saturated heterocycles. The van der Waals surface area contributed by atoms with E-state index < -0.39 is 0 Å². The molecular weight excluding hydrogens is 254 g/mol. The number of aryl methyl sites for hydroxylation is 1. The number of fused-ring (bicyclic) bond motifs is 1. The first kappa shape index (κ1) is 13.3. The van der Waals surface area contributed by atoms with Crippen molar-refractivity contribution in [2.45, 2.75) is 45.6 Å². The average Bonchev–Trinajstić information content (AvgIpc) is 2.90. The first-order valence-electron chi connectivity index (χ1n) is 7.37. The molecule has 20 heavy (non-hydrogen) atoms. The number of aromatic nitrogens is 2. The molecule has 0 aromatic carbocycles. The molecule has 5 heteroatoms. The molecule has 1 aliphatic carbocycles. The summed E-state index contributed by atoms with van der Waals surface area (Å²) in [5, 5.41) is 4.22. The van der Waals surface area contributed by atoms with E-state index in [1.807, 2.05) is 20.9 Å². The van der Waals surface area contributed by atoms with Crippen LogP contribution in [-0.4, -0.2) is 26.5 Å². The van der Waals surface area contributed by atoms with Crippen LogP contribution in [0.25, 0.3) is 0 Å². The van der Waals surface area contributed by atoms with Crippen molar-refractivity contribution in [3.8, 4) is 0 Å². The molecule has 0 bridgehead atoms. The zero-order chi connectivity index (χ0) is 14.4. The van der Waals surface area contributed by atoms with Crippen molar-refractivity contribution in [2.75, 3.05) is 0 Å². The highest BCUT2D eigenvalue weighted by Gasteiger charge is 2.50. The van der Waals surface area contributed by atoms with Gasteiger partial charge in [0.15, 0.2) is 0 Å². The van der Waals surface area contributed by atoms with Gasteiger partial charge in [0.25, 0.3) is 0 Å². The van der Waals surface area contributed by atoms with Crippen LogP contribution in [0.2, 0.25) is 0 Å². The van der Waals surface area contributed by atoms with Crippen molar-refractivity contribution in [3.05, 3.63) is 17.5 Å². The Balaban J connectivity index is 1.91. The largest absolute Gasteiger partial charge is 0.275 e. The molecule has 1 unspecified atom stereocenters. The summed E-state index contributed by atoms with van der Waals surface area (Å²) in [6.45, 7) is 3.90. The van der Waals surface area contributed by atoms with Crippen LogP contribution >= 0.6 is 0 Å². The second-order valence-electron chi connectivity index (χ2n) is 6.03. The van der Waals surface area contributed by atoms with Crippen LogP contribution in [0.3, 0.4) is 0 Å². The summed E-state index contributed by atoms with van der Waals surface area (Å²) in [4.78, 5) is 26.6. The fraction of sp³-hybridized carbons (Fsp3) is 0.667. The molecule has 1 saturated carbocycles. The lowest BCUT2D eigenvalue weighted by Crippen LogP contribution is -2.34. The van der Waals surface area contributed by atoms with E-state index in [-0.39, 0.29) is 29.7 Å². The molecule has 2 fully saturated rings. The number of amides is 2. The maximum atomic E-state index is 12.6. The van der Waals surface area contributed by atoms with Gasteiger partial charge in [-0.1, -0.05) is 12.8 Å². The van der Waals surface area contributed by atoms with Crippen molar-refractivity contribution in [2.24, 2.45) is 18.9 Å². The van der Waals surface area contributed by atoms with Gasteiger partial charge in [-0.15, -0.1) is 0 Å². The highest BCUT2D eigenvalue weighted by Crippen LogP contribution is 2.41. The molecule has 0 radical (unpaired) electrons. The molecule has 1 aromatic heterocycles. The van der Waals surface area contributed by atoms with E-state index in [1.165, 1.54) is 4.90 Å². The fourth-order valence-electron chi connectivity index (χ4n) is 3.63. The fourth-order valence-corrected chi connectivity index (χ4v) is 3.63. The van der Waals surface area contributed by atoms with Gasteiger partial charge in [-0.25, -0.2) is 0 Å². The summed E-state index contributed by atoms with van der Waals surface area (Å²) in [5.74, 6) is -0.0998. The van der Waals surface area contributed by atoms with Gasteiger partial charge in [0, 0.05) is 18.3 Å². The maximum Gasteiger partial charge on any atom is 0.233 e. The Hall–Kier alpha value is -1.65. The van der Waals surface area contributed by atoms with E-state index in [4.69, 9.17) is 0 Å². The molecule has 3 atom stereocenters. The van der Waals surface area contributed by atoms with Crippen molar-refractivity contribution >= 4 is 11.8 Å². The number of imide groups is 1. The van der Waals surface area contributed by atoms with Crippen molar-refractivity contribution < 1.29 is 9.59 Å². The van der Waals surface area contributed by atoms with E-state index in [1.54, 1.807) is 10.9 Å². The van der Waals surface area contributed by atoms with Crippen LogP contribution < -0.4 is 0 Å². The highest BCUT2D eigenvalue weighted by atomic mass is 16.2. The van der Waals surface area contributed by atoms with Crippen LogP contribution in [0.4, 0.5) is 0 Å². The summed E-state index contributed by atoms with van der Waals surface area (Å²) in [6.07, 6.45) is 5.63. The predicted molar refractivity (Wildman–Crippen MR) is 73.7 cm³/mol. The third-order valence-electron chi connectivity index (χ3n) is 4.99. The minimum atomic E-state index is -0.214. The smallest absolute Gasteiger partial charge is 0.233 e. The lowest BCUT2D eigenvalue weighted by atomic mass is 9.81. The average molecular weight is 275 g/mol. The van der Waals surface area contributed by atoms with Gasteiger partial charge in [0.1, 0.15) is 0 Å². The number of rotatable bonds is 2. The van der Waals surface area contributed by atoms with Crippen LogP contribution in [0.15, 0.2) is 6.20 Å². The first-order chi connectivity index (χ1) is 9.52. The Morgan fingerprint density at radius 2 is 1.75 bits per heavy atom. The number of hydrogen-bond donors (Lipinski definition) is 0. The van der Waals surface area contributed by atoms with Crippen LogP contribution in [0, 0.1) is 18.8 Å². The van der Waals surface area contributed by atoms with Gasteiger partial charge in [-0.05, 0) is 26.7 Å². The molecule has 1 aliphatic heterocycles. The third-order valence-corrected chi connectivity index (χ3v) is 4.99. The molecule has 3 rings (SSSR count). The van der Waals surface area contributed by atoms with E-state index in [9.17, 15) is 9.59 Å². The Morgan fingerprint density at radius 3 is 2.20 bits per heavy atom. The Morgan fingerprint density at radius 1 is 1.20 bits per heavy atom. The normalized spacial score (nSPS) is 27.9. The standard InChI is InChI=1S/C15H21N3O2/c1-9-13(8-16-17(9)3)10(2)18-14(19)11-6-4-5-7-12(11)15(18)20/h8,10-12H,4-7H2,1-3H3/t10?,11-,12+. The minimum absolute atomic E-state index is 0.0236. The van der Waals surface area contributed by atoms with E-state index in [0.717, 1.165) is 36.9 Å². The van der Waals surface area contributed by atoms with Crippen LogP contribution in [0.5, 0.6) is 0 Å². The summed E-state index contributed by atoms with van der Waals surface area (Å²) >= 11 is 0. The Kier molecular flexibility index (Phi) is 3.15. The quantitative estimate of drug-likeness (QED) is 0.775. The second-order valence-corrected chi connectivity index (χ2v) is 6.03. The zero-order valence-corrected chi connectivity index (χ0v) is 12.3.